The Morgan fingerprint density at radius 1 is 1.39 bits per heavy atom. The van der Waals surface area contributed by atoms with Gasteiger partial charge in [-0.05, 0) is 18.4 Å². The summed E-state index contributed by atoms with van der Waals surface area (Å²) in [5, 5.41) is 21.8. The molecule has 0 radical (unpaired) electrons. The van der Waals surface area contributed by atoms with Crippen molar-refractivity contribution in [2.45, 2.75) is 18.9 Å². The number of aromatic amines is 1. The van der Waals surface area contributed by atoms with Crippen molar-refractivity contribution in [3.05, 3.63) is 30.0 Å². The molecule has 18 heavy (non-hydrogen) atoms. The molecule has 90 valence electrons. The third-order valence-electron chi connectivity index (χ3n) is 3.27. The fraction of sp³-hybridized carbons (Fsp3) is 0.273. The minimum absolute atomic E-state index is 0.456. The van der Waals surface area contributed by atoms with Crippen LogP contribution in [0.3, 0.4) is 0 Å². The first-order chi connectivity index (χ1) is 8.83. The van der Waals surface area contributed by atoms with Gasteiger partial charge < -0.3 is 5.11 Å². The van der Waals surface area contributed by atoms with E-state index in [1.54, 1.807) is 10.9 Å². The predicted octanol–water partition coefficient (Wildman–Crippen LogP) is 0.518. The second kappa shape index (κ2) is 3.36. The van der Waals surface area contributed by atoms with Crippen molar-refractivity contribution in [3.8, 4) is 5.82 Å². The highest BCUT2D eigenvalue weighted by Gasteiger charge is 2.25. The summed E-state index contributed by atoms with van der Waals surface area (Å²) >= 11 is 0. The van der Waals surface area contributed by atoms with Gasteiger partial charge in [0.05, 0.1) is 23.4 Å². The van der Waals surface area contributed by atoms with Gasteiger partial charge in [0.2, 0.25) is 0 Å². The van der Waals surface area contributed by atoms with Gasteiger partial charge in [0.25, 0.3) is 0 Å². The Bertz CT molecular complexity index is 730. The Morgan fingerprint density at radius 2 is 2.33 bits per heavy atom. The summed E-state index contributed by atoms with van der Waals surface area (Å²) in [5.41, 5.74) is 2.51. The molecule has 1 unspecified atom stereocenters. The van der Waals surface area contributed by atoms with Gasteiger partial charge in [-0.25, -0.2) is 14.6 Å². The normalized spacial score (nSPS) is 18.4. The summed E-state index contributed by atoms with van der Waals surface area (Å²) in [6.07, 6.45) is 6.22. The number of aromatic nitrogens is 6. The lowest BCUT2D eigenvalue weighted by molar-refractivity contribution is 0.174. The molecule has 3 aromatic rings. The van der Waals surface area contributed by atoms with Gasteiger partial charge in [-0.2, -0.15) is 10.2 Å². The van der Waals surface area contributed by atoms with Crippen LogP contribution in [0, 0.1) is 0 Å². The zero-order valence-electron chi connectivity index (χ0n) is 9.41. The van der Waals surface area contributed by atoms with E-state index in [-0.39, 0.29) is 0 Å². The van der Waals surface area contributed by atoms with Gasteiger partial charge in [0, 0.05) is 6.20 Å². The Morgan fingerprint density at radius 3 is 3.22 bits per heavy atom. The van der Waals surface area contributed by atoms with Crippen molar-refractivity contribution < 1.29 is 5.11 Å². The lowest BCUT2D eigenvalue weighted by atomic mass is 10.3. The second-order valence-corrected chi connectivity index (χ2v) is 4.37. The molecule has 0 aromatic carbocycles. The molecule has 3 aromatic heterocycles. The van der Waals surface area contributed by atoms with E-state index in [4.69, 9.17) is 0 Å². The van der Waals surface area contributed by atoms with Crippen LogP contribution in [0.2, 0.25) is 0 Å². The van der Waals surface area contributed by atoms with Gasteiger partial charge in [-0.15, -0.1) is 0 Å². The van der Waals surface area contributed by atoms with Crippen LogP contribution in [0.4, 0.5) is 0 Å². The van der Waals surface area contributed by atoms with Crippen LogP contribution in [-0.2, 0) is 6.42 Å². The predicted molar refractivity (Wildman–Crippen MR) is 62.1 cm³/mol. The van der Waals surface area contributed by atoms with E-state index in [1.807, 2.05) is 6.20 Å². The molecule has 7 nitrogen and oxygen atoms in total. The molecule has 0 amide bonds. The summed E-state index contributed by atoms with van der Waals surface area (Å²) in [6, 6.07) is 0. The average molecular weight is 242 g/mol. The lowest BCUT2D eigenvalue weighted by Crippen LogP contribution is -2.02. The summed E-state index contributed by atoms with van der Waals surface area (Å²) in [6.45, 7) is 0. The zero-order valence-corrected chi connectivity index (χ0v) is 9.41. The Balaban J connectivity index is 1.93. The minimum atomic E-state index is -0.456. The molecule has 4 rings (SSSR count). The van der Waals surface area contributed by atoms with Gasteiger partial charge in [0.1, 0.15) is 6.33 Å². The van der Waals surface area contributed by atoms with Gasteiger partial charge >= 0.3 is 0 Å². The minimum Gasteiger partial charge on any atom is -0.387 e. The summed E-state index contributed by atoms with van der Waals surface area (Å²) in [4.78, 5) is 8.32. The first kappa shape index (κ1) is 9.72. The number of hydrogen-bond donors (Lipinski definition) is 2. The zero-order chi connectivity index (χ0) is 12.1. The third-order valence-corrected chi connectivity index (χ3v) is 3.27. The molecule has 3 heterocycles. The fourth-order valence-corrected chi connectivity index (χ4v) is 2.37. The highest BCUT2D eigenvalue weighted by Crippen LogP contribution is 2.30. The van der Waals surface area contributed by atoms with E-state index >= 15 is 0 Å². The van der Waals surface area contributed by atoms with Crippen molar-refractivity contribution in [1.82, 2.24) is 29.9 Å². The van der Waals surface area contributed by atoms with Gasteiger partial charge in [-0.3, -0.25) is 5.10 Å². The molecule has 0 spiro atoms. The van der Waals surface area contributed by atoms with Crippen molar-refractivity contribution in [1.29, 1.82) is 0 Å². The monoisotopic (exact) mass is 242 g/mol. The SMILES string of the molecule is OC1CCc2cn(-c3ncnc4[nH]ncc34)nc21. The molecule has 0 fully saturated rings. The number of aryl methyl sites for hydroxylation is 1. The smallest absolute Gasteiger partial charge is 0.167 e. The van der Waals surface area contributed by atoms with E-state index in [2.05, 4.69) is 25.3 Å². The molecule has 2 N–H and O–H groups in total. The van der Waals surface area contributed by atoms with Gasteiger partial charge in [-0.1, -0.05) is 0 Å². The highest BCUT2D eigenvalue weighted by molar-refractivity contribution is 5.81. The molecule has 0 saturated carbocycles. The maximum absolute atomic E-state index is 9.79. The van der Waals surface area contributed by atoms with E-state index in [1.165, 1.54) is 6.33 Å². The Labute approximate surface area is 101 Å². The number of fused-ring (bicyclic) bond motifs is 2. The summed E-state index contributed by atoms with van der Waals surface area (Å²) in [5.74, 6) is 0.676. The molecule has 0 bridgehead atoms. The number of nitrogens with zero attached hydrogens (tertiary/aromatic N) is 5. The van der Waals surface area contributed by atoms with Crippen LogP contribution in [0.15, 0.2) is 18.7 Å². The highest BCUT2D eigenvalue weighted by atomic mass is 16.3. The fourth-order valence-electron chi connectivity index (χ4n) is 2.37. The van der Waals surface area contributed by atoms with Crippen LogP contribution in [-0.4, -0.2) is 35.1 Å². The lowest BCUT2D eigenvalue weighted by Gasteiger charge is -2.02. The molecule has 0 aliphatic heterocycles. The number of hydrogen-bond acceptors (Lipinski definition) is 5. The first-order valence-electron chi connectivity index (χ1n) is 5.74. The largest absolute Gasteiger partial charge is 0.387 e. The molecule has 1 aliphatic rings. The van der Waals surface area contributed by atoms with Crippen LogP contribution >= 0.6 is 0 Å². The second-order valence-electron chi connectivity index (χ2n) is 4.37. The van der Waals surface area contributed by atoms with Crippen LogP contribution in [0.25, 0.3) is 16.9 Å². The number of rotatable bonds is 1. The standard InChI is InChI=1S/C11H10N6O/c18-8-2-1-6-4-17(16-9(6)8)11-7-3-14-15-10(7)12-5-13-11/h3-5,8,18H,1-2H2,(H,12,13,14,15). The van der Waals surface area contributed by atoms with Crippen LogP contribution in [0.5, 0.6) is 0 Å². The van der Waals surface area contributed by atoms with Crippen molar-refractivity contribution >= 4 is 11.0 Å². The van der Waals surface area contributed by atoms with E-state index in [9.17, 15) is 5.11 Å². The molecule has 0 saturated heterocycles. The number of nitrogens with one attached hydrogen (secondary N) is 1. The van der Waals surface area contributed by atoms with Crippen molar-refractivity contribution in [3.63, 3.8) is 0 Å². The van der Waals surface area contributed by atoms with E-state index in [0.717, 1.165) is 29.5 Å². The number of H-pyrrole nitrogens is 1. The molecular formula is C11H10N6O. The molecule has 1 atom stereocenters. The maximum Gasteiger partial charge on any atom is 0.167 e. The van der Waals surface area contributed by atoms with E-state index in [0.29, 0.717) is 11.5 Å². The Kier molecular flexibility index (Phi) is 1.81. The van der Waals surface area contributed by atoms with Crippen molar-refractivity contribution in [2.24, 2.45) is 0 Å². The molecule has 1 aliphatic carbocycles. The topological polar surface area (TPSA) is 92.5 Å². The first-order valence-corrected chi connectivity index (χ1v) is 5.74. The van der Waals surface area contributed by atoms with Gasteiger partial charge in [0.15, 0.2) is 11.5 Å². The molecule has 7 heteroatoms. The quantitative estimate of drug-likeness (QED) is 0.649. The number of aliphatic hydroxyl groups is 1. The van der Waals surface area contributed by atoms with Crippen LogP contribution < -0.4 is 0 Å². The van der Waals surface area contributed by atoms with Crippen molar-refractivity contribution in [2.75, 3.05) is 0 Å². The van der Waals surface area contributed by atoms with Crippen LogP contribution in [0.1, 0.15) is 23.8 Å². The van der Waals surface area contributed by atoms with E-state index < -0.39 is 6.10 Å². The number of aliphatic hydroxyl groups excluding tert-OH is 1. The Hall–Kier alpha value is -2.28. The summed E-state index contributed by atoms with van der Waals surface area (Å²) in [7, 11) is 0. The molecular weight excluding hydrogens is 232 g/mol. The summed E-state index contributed by atoms with van der Waals surface area (Å²) < 4.78 is 1.69. The maximum atomic E-state index is 9.79. The average Bonchev–Trinajstić information content (AvgIpc) is 3.06. The third kappa shape index (κ3) is 1.22.